The van der Waals surface area contributed by atoms with E-state index in [9.17, 15) is 17.6 Å². The van der Waals surface area contributed by atoms with Gasteiger partial charge in [0.15, 0.2) is 11.6 Å². The van der Waals surface area contributed by atoms with E-state index in [0.717, 1.165) is 19.1 Å². The first-order chi connectivity index (χ1) is 21.1. The Morgan fingerprint density at radius 2 is 1.80 bits per heavy atom. The first-order valence-electron chi connectivity index (χ1n) is 13.5. The van der Waals surface area contributed by atoms with E-state index in [1.54, 1.807) is 12.1 Å². The molecule has 0 aliphatic heterocycles. The Labute approximate surface area is 248 Å². The van der Waals surface area contributed by atoms with E-state index in [4.69, 9.17) is 0 Å². The van der Waals surface area contributed by atoms with E-state index in [1.807, 2.05) is 0 Å². The van der Waals surface area contributed by atoms with Crippen molar-refractivity contribution in [2.75, 3.05) is 11.6 Å². The number of aromatic nitrogens is 7. The maximum absolute atomic E-state index is 16.1. The number of H-pyrrole nitrogens is 2. The second-order valence-electron chi connectivity index (χ2n) is 10.6. The maximum atomic E-state index is 16.1. The van der Waals surface area contributed by atoms with Crippen molar-refractivity contribution in [3.63, 3.8) is 0 Å². The van der Waals surface area contributed by atoms with Crippen molar-refractivity contribution >= 4 is 43.6 Å². The van der Waals surface area contributed by atoms with Gasteiger partial charge in [-0.25, -0.2) is 26.9 Å². The molecule has 44 heavy (non-hydrogen) atoms. The molecule has 5 heterocycles. The van der Waals surface area contributed by atoms with Crippen LogP contribution in [-0.4, -0.2) is 55.7 Å². The number of hydrogen-bond acceptors (Lipinski definition) is 8. The van der Waals surface area contributed by atoms with E-state index < -0.39 is 21.7 Å². The van der Waals surface area contributed by atoms with E-state index in [1.165, 1.54) is 43.1 Å². The highest BCUT2D eigenvalue weighted by Gasteiger charge is 2.30. The number of fused-ring (bicyclic) bond motifs is 2. The number of hydrogen-bond donors (Lipinski definition) is 4. The molecule has 1 amide bonds. The molecule has 1 aliphatic rings. The molecule has 0 unspecified atom stereocenters. The Morgan fingerprint density at radius 3 is 2.59 bits per heavy atom. The minimum absolute atomic E-state index is 0.00210. The molecule has 15 heteroatoms. The molecule has 7 rings (SSSR count). The van der Waals surface area contributed by atoms with Gasteiger partial charge in [-0.3, -0.25) is 24.8 Å². The first-order valence-corrected chi connectivity index (χ1v) is 15.4. The zero-order valence-electron chi connectivity index (χ0n) is 23.0. The number of sulfonamides is 1. The monoisotopic (exact) mass is 615 g/mol. The van der Waals surface area contributed by atoms with Crippen LogP contribution in [0.1, 0.15) is 18.4 Å². The molecule has 12 nitrogen and oxygen atoms in total. The maximum Gasteiger partial charge on any atom is 0.227 e. The number of pyridine rings is 3. The van der Waals surface area contributed by atoms with Gasteiger partial charge in [-0.05, 0) is 48.2 Å². The highest BCUT2D eigenvalue weighted by atomic mass is 32.2. The minimum atomic E-state index is -3.49. The number of nitrogens with one attached hydrogen (secondary N) is 4. The number of aromatic amines is 2. The van der Waals surface area contributed by atoms with Gasteiger partial charge in [0.1, 0.15) is 17.2 Å². The van der Waals surface area contributed by atoms with Crippen LogP contribution in [0.3, 0.4) is 0 Å². The third-order valence-electron chi connectivity index (χ3n) is 7.20. The summed E-state index contributed by atoms with van der Waals surface area (Å²) >= 11 is 0. The van der Waals surface area contributed by atoms with Crippen LogP contribution in [0.4, 0.5) is 14.5 Å². The molecular formula is C29H23F2N9O3S. The van der Waals surface area contributed by atoms with Gasteiger partial charge in [0.05, 0.1) is 52.5 Å². The number of amides is 1. The fourth-order valence-electron chi connectivity index (χ4n) is 4.95. The molecular weight excluding hydrogens is 592 g/mol. The fraction of sp³-hybridized carbons (Fsp3) is 0.172. The van der Waals surface area contributed by atoms with Crippen molar-refractivity contribution in [3.05, 3.63) is 72.4 Å². The number of carbonyl (C=O) groups is 1. The molecule has 0 atom stereocenters. The highest BCUT2D eigenvalue weighted by Crippen LogP contribution is 2.35. The third kappa shape index (κ3) is 5.38. The third-order valence-corrected chi connectivity index (χ3v) is 7.87. The van der Waals surface area contributed by atoms with Gasteiger partial charge in [-0.1, -0.05) is 0 Å². The Kier molecular flexibility index (Phi) is 6.62. The van der Waals surface area contributed by atoms with Crippen molar-refractivity contribution in [2.45, 2.75) is 19.4 Å². The lowest BCUT2D eigenvalue weighted by atomic mass is 10.0. The normalized spacial score (nSPS) is 13.5. The standard InChI is InChI=1S/C29H23F2N9O3S/c1-44(42,43)35-8-14-4-16(6-18(30)5-14)20-11-33-12-22-26(20)38-28(37-22)27-23-21(39-40-27)13-34-25(24(23)31)17-7-19(10-32-9-17)36-29(41)15-2-3-15/h4-7,9-13,15,35H,2-3,8H2,1H3,(H,36,41)(H,37,38)(H,39,40). The van der Waals surface area contributed by atoms with Crippen LogP contribution in [-0.2, 0) is 21.4 Å². The van der Waals surface area contributed by atoms with Crippen LogP contribution >= 0.6 is 0 Å². The van der Waals surface area contributed by atoms with Gasteiger partial charge >= 0.3 is 0 Å². The van der Waals surface area contributed by atoms with E-state index >= 15 is 4.39 Å². The van der Waals surface area contributed by atoms with E-state index in [0.29, 0.717) is 44.5 Å². The zero-order valence-corrected chi connectivity index (χ0v) is 23.8. The lowest BCUT2D eigenvalue weighted by molar-refractivity contribution is -0.117. The molecule has 1 aromatic carbocycles. The number of benzene rings is 1. The van der Waals surface area contributed by atoms with Crippen LogP contribution in [0.15, 0.2) is 55.2 Å². The Morgan fingerprint density at radius 1 is 0.977 bits per heavy atom. The first kappa shape index (κ1) is 27.7. The molecule has 0 radical (unpaired) electrons. The van der Waals surface area contributed by atoms with Crippen molar-refractivity contribution in [1.29, 1.82) is 0 Å². The minimum Gasteiger partial charge on any atom is -0.335 e. The molecule has 6 aromatic rings. The summed E-state index contributed by atoms with van der Waals surface area (Å²) < 4.78 is 56.1. The Hall–Kier alpha value is -5.15. The number of rotatable bonds is 8. The smallest absolute Gasteiger partial charge is 0.227 e. The van der Waals surface area contributed by atoms with Crippen molar-refractivity contribution in [1.82, 2.24) is 39.8 Å². The number of imidazole rings is 1. The SMILES string of the molecule is CS(=O)(=O)NCc1cc(F)cc(-c2cncc3[nH]c(-c4n[nH]c5cnc(-c6cncc(NC(=O)C7CC7)c6)c(F)c45)nc23)c1. The van der Waals surface area contributed by atoms with Crippen molar-refractivity contribution < 1.29 is 22.0 Å². The topological polar surface area (TPSA) is 171 Å². The summed E-state index contributed by atoms with van der Waals surface area (Å²) in [5, 5.41) is 10.0. The Bertz CT molecular complexity index is 2210. The summed E-state index contributed by atoms with van der Waals surface area (Å²) in [5.41, 5.74) is 3.58. The lowest BCUT2D eigenvalue weighted by Gasteiger charge is -2.08. The molecule has 222 valence electrons. The second kappa shape index (κ2) is 10.5. The fourth-order valence-corrected chi connectivity index (χ4v) is 5.38. The number of carbonyl (C=O) groups excluding carboxylic acids is 1. The average molecular weight is 616 g/mol. The predicted octanol–water partition coefficient (Wildman–Crippen LogP) is 4.30. The predicted molar refractivity (Wildman–Crippen MR) is 158 cm³/mol. The van der Waals surface area contributed by atoms with Crippen LogP contribution in [0.2, 0.25) is 0 Å². The summed E-state index contributed by atoms with van der Waals surface area (Å²) in [5.74, 6) is -1.09. The van der Waals surface area contributed by atoms with Crippen LogP contribution < -0.4 is 10.0 Å². The second-order valence-corrected chi connectivity index (χ2v) is 12.5. The number of halogens is 2. The average Bonchev–Trinajstić information content (AvgIpc) is 3.60. The molecule has 0 spiro atoms. The lowest BCUT2D eigenvalue weighted by Crippen LogP contribution is -2.21. The van der Waals surface area contributed by atoms with Crippen molar-refractivity contribution in [2.24, 2.45) is 5.92 Å². The quantitative estimate of drug-likeness (QED) is 0.196. The van der Waals surface area contributed by atoms with Gasteiger partial charge in [-0.2, -0.15) is 5.10 Å². The largest absolute Gasteiger partial charge is 0.335 e. The molecule has 4 N–H and O–H groups in total. The number of nitrogens with zero attached hydrogens (tertiary/aromatic N) is 5. The van der Waals surface area contributed by atoms with Crippen LogP contribution in [0.25, 0.3) is 55.8 Å². The molecule has 1 saturated carbocycles. The molecule has 1 aliphatic carbocycles. The van der Waals surface area contributed by atoms with Gasteiger partial charge in [0.2, 0.25) is 15.9 Å². The van der Waals surface area contributed by atoms with Crippen LogP contribution in [0.5, 0.6) is 0 Å². The van der Waals surface area contributed by atoms with Gasteiger partial charge < -0.3 is 10.3 Å². The van der Waals surface area contributed by atoms with Gasteiger partial charge in [0.25, 0.3) is 0 Å². The summed E-state index contributed by atoms with van der Waals surface area (Å²) in [6.07, 6.45) is 10.2. The van der Waals surface area contributed by atoms with Crippen molar-refractivity contribution in [3.8, 4) is 33.9 Å². The molecule has 0 bridgehead atoms. The Balaban J connectivity index is 1.27. The molecule has 0 saturated heterocycles. The highest BCUT2D eigenvalue weighted by molar-refractivity contribution is 7.88. The summed E-state index contributed by atoms with van der Waals surface area (Å²) in [6, 6.07) is 5.79. The van der Waals surface area contributed by atoms with Gasteiger partial charge in [0, 0.05) is 36.0 Å². The zero-order chi connectivity index (χ0) is 30.6. The number of anilines is 1. The molecule has 5 aromatic heterocycles. The van der Waals surface area contributed by atoms with E-state index in [-0.39, 0.29) is 41.0 Å². The molecule has 1 fully saturated rings. The summed E-state index contributed by atoms with van der Waals surface area (Å²) in [6.45, 7) is -0.0982. The summed E-state index contributed by atoms with van der Waals surface area (Å²) in [4.78, 5) is 32.7. The van der Waals surface area contributed by atoms with E-state index in [2.05, 4.69) is 45.2 Å². The van der Waals surface area contributed by atoms with Gasteiger partial charge in [-0.15, -0.1) is 0 Å². The van der Waals surface area contributed by atoms with Crippen LogP contribution in [0, 0.1) is 17.6 Å². The summed E-state index contributed by atoms with van der Waals surface area (Å²) in [7, 11) is -3.49.